The van der Waals surface area contributed by atoms with Crippen LogP contribution in [-0.4, -0.2) is 30.8 Å². The Kier molecular flexibility index (Phi) is 6.97. The number of aryl methyl sites for hydroxylation is 1. The zero-order valence-electron chi connectivity index (χ0n) is 11.7. The van der Waals surface area contributed by atoms with E-state index in [1.807, 2.05) is 0 Å². The molecule has 0 heterocycles. The van der Waals surface area contributed by atoms with Crippen LogP contribution >= 0.6 is 0 Å². The van der Waals surface area contributed by atoms with Crippen LogP contribution in [-0.2, 0) is 4.74 Å². The molecule has 0 atom stereocenters. The van der Waals surface area contributed by atoms with Crippen molar-refractivity contribution in [2.75, 3.05) is 19.8 Å². The zero-order chi connectivity index (χ0) is 14.1. The highest BCUT2D eigenvalue weighted by Crippen LogP contribution is 2.17. The van der Waals surface area contributed by atoms with E-state index in [4.69, 9.17) is 4.74 Å². The van der Waals surface area contributed by atoms with Gasteiger partial charge in [-0.25, -0.2) is 0 Å². The third-order valence-corrected chi connectivity index (χ3v) is 2.86. The highest BCUT2D eigenvalue weighted by atomic mass is 16.5. The highest BCUT2D eigenvalue weighted by Gasteiger charge is 2.06. The van der Waals surface area contributed by atoms with Gasteiger partial charge in [0.15, 0.2) is 0 Å². The third-order valence-electron chi connectivity index (χ3n) is 2.86. The van der Waals surface area contributed by atoms with Gasteiger partial charge in [-0.2, -0.15) is 0 Å². The van der Waals surface area contributed by atoms with Gasteiger partial charge in [0.05, 0.1) is 0 Å². The fourth-order valence-corrected chi connectivity index (χ4v) is 1.58. The van der Waals surface area contributed by atoms with E-state index in [2.05, 4.69) is 12.2 Å². The molecular weight excluding hydrogens is 242 g/mol. The SMILES string of the molecule is CCCCOCCCNC(=O)c1ccc(C)c(O)c1. The molecular formula is C15H23NO3. The first-order valence-electron chi connectivity index (χ1n) is 6.80. The van der Waals surface area contributed by atoms with Crippen molar-refractivity contribution in [3.63, 3.8) is 0 Å². The Morgan fingerprint density at radius 1 is 1.32 bits per heavy atom. The first-order chi connectivity index (χ1) is 9.15. The largest absolute Gasteiger partial charge is 0.508 e. The summed E-state index contributed by atoms with van der Waals surface area (Å²) in [6.45, 7) is 5.96. The Morgan fingerprint density at radius 3 is 2.74 bits per heavy atom. The van der Waals surface area contributed by atoms with Crippen LogP contribution in [0.1, 0.15) is 42.1 Å². The number of phenols is 1. The molecule has 1 aromatic rings. The van der Waals surface area contributed by atoms with Crippen molar-refractivity contribution in [3.8, 4) is 5.75 Å². The Morgan fingerprint density at radius 2 is 2.05 bits per heavy atom. The molecule has 1 aromatic carbocycles. The Labute approximate surface area is 114 Å². The number of phenolic OH excluding ortho intramolecular Hbond substituents is 1. The molecule has 4 nitrogen and oxygen atoms in total. The quantitative estimate of drug-likeness (QED) is 0.710. The second kappa shape index (κ2) is 8.53. The average molecular weight is 265 g/mol. The number of aromatic hydroxyl groups is 1. The van der Waals surface area contributed by atoms with Gasteiger partial charge in [-0.15, -0.1) is 0 Å². The molecule has 0 spiro atoms. The molecule has 4 heteroatoms. The predicted molar refractivity (Wildman–Crippen MR) is 75.5 cm³/mol. The van der Waals surface area contributed by atoms with Crippen molar-refractivity contribution < 1.29 is 14.6 Å². The van der Waals surface area contributed by atoms with Crippen molar-refractivity contribution >= 4 is 5.91 Å². The lowest BCUT2D eigenvalue weighted by molar-refractivity contribution is 0.0940. The number of ether oxygens (including phenoxy) is 1. The molecule has 1 amide bonds. The van der Waals surface area contributed by atoms with Crippen molar-refractivity contribution in [2.45, 2.75) is 33.1 Å². The molecule has 0 aliphatic carbocycles. The van der Waals surface area contributed by atoms with Gasteiger partial charge in [0, 0.05) is 25.3 Å². The summed E-state index contributed by atoms with van der Waals surface area (Å²) in [4.78, 5) is 11.8. The number of benzene rings is 1. The second-order valence-corrected chi connectivity index (χ2v) is 4.58. The van der Waals surface area contributed by atoms with Crippen molar-refractivity contribution in [3.05, 3.63) is 29.3 Å². The summed E-state index contributed by atoms with van der Waals surface area (Å²) < 4.78 is 5.41. The lowest BCUT2D eigenvalue weighted by Gasteiger charge is -2.07. The normalized spacial score (nSPS) is 10.4. The summed E-state index contributed by atoms with van der Waals surface area (Å²) in [6.07, 6.45) is 3.01. The molecule has 106 valence electrons. The molecule has 2 N–H and O–H groups in total. The summed E-state index contributed by atoms with van der Waals surface area (Å²) >= 11 is 0. The number of nitrogens with one attached hydrogen (secondary N) is 1. The minimum Gasteiger partial charge on any atom is -0.508 e. The number of hydrogen-bond acceptors (Lipinski definition) is 3. The predicted octanol–water partition coefficient (Wildman–Crippen LogP) is 2.64. The zero-order valence-corrected chi connectivity index (χ0v) is 11.7. The number of rotatable bonds is 8. The van der Waals surface area contributed by atoms with E-state index in [-0.39, 0.29) is 11.7 Å². The molecule has 0 fully saturated rings. The lowest BCUT2D eigenvalue weighted by Crippen LogP contribution is -2.25. The van der Waals surface area contributed by atoms with Gasteiger partial charge in [0.2, 0.25) is 0 Å². The minimum absolute atomic E-state index is 0.149. The van der Waals surface area contributed by atoms with Crippen LogP contribution in [0.2, 0.25) is 0 Å². The molecule has 0 saturated carbocycles. The van der Waals surface area contributed by atoms with Crippen LogP contribution in [0.25, 0.3) is 0 Å². The first kappa shape index (κ1) is 15.5. The van der Waals surface area contributed by atoms with E-state index >= 15 is 0 Å². The van der Waals surface area contributed by atoms with Gasteiger partial charge < -0.3 is 15.2 Å². The number of hydrogen-bond donors (Lipinski definition) is 2. The molecule has 19 heavy (non-hydrogen) atoms. The second-order valence-electron chi connectivity index (χ2n) is 4.58. The van der Waals surface area contributed by atoms with E-state index in [9.17, 15) is 9.90 Å². The van der Waals surface area contributed by atoms with Gasteiger partial charge in [-0.05, 0) is 37.5 Å². The van der Waals surface area contributed by atoms with E-state index in [0.29, 0.717) is 18.7 Å². The fraction of sp³-hybridized carbons (Fsp3) is 0.533. The standard InChI is InChI=1S/C15H23NO3/c1-3-4-9-19-10-5-8-16-15(18)13-7-6-12(2)14(17)11-13/h6-7,11,17H,3-5,8-10H2,1-2H3,(H,16,18). The Balaban J connectivity index is 2.22. The number of amides is 1. The molecule has 0 radical (unpaired) electrons. The van der Waals surface area contributed by atoms with E-state index in [1.54, 1.807) is 19.1 Å². The molecule has 0 aliphatic rings. The van der Waals surface area contributed by atoms with Crippen molar-refractivity contribution in [1.29, 1.82) is 0 Å². The van der Waals surface area contributed by atoms with Gasteiger partial charge in [-0.3, -0.25) is 4.79 Å². The van der Waals surface area contributed by atoms with Crippen LogP contribution in [0.5, 0.6) is 5.75 Å². The summed E-state index contributed by atoms with van der Waals surface area (Å²) in [5.74, 6) is -0.0144. The van der Waals surface area contributed by atoms with Crippen LogP contribution in [0.3, 0.4) is 0 Å². The highest BCUT2D eigenvalue weighted by molar-refractivity contribution is 5.94. The van der Waals surface area contributed by atoms with Crippen LogP contribution < -0.4 is 5.32 Å². The third kappa shape index (κ3) is 5.75. The van der Waals surface area contributed by atoms with Gasteiger partial charge in [0.1, 0.15) is 5.75 Å². The molecule has 0 saturated heterocycles. The van der Waals surface area contributed by atoms with Gasteiger partial charge in [-0.1, -0.05) is 19.4 Å². The maximum absolute atomic E-state index is 11.8. The van der Waals surface area contributed by atoms with Gasteiger partial charge >= 0.3 is 0 Å². The minimum atomic E-state index is -0.163. The number of carbonyl (C=O) groups is 1. The van der Waals surface area contributed by atoms with Crippen LogP contribution in [0.15, 0.2) is 18.2 Å². The average Bonchev–Trinajstić information content (AvgIpc) is 2.40. The van der Waals surface area contributed by atoms with Crippen molar-refractivity contribution in [2.24, 2.45) is 0 Å². The fourth-order valence-electron chi connectivity index (χ4n) is 1.58. The van der Waals surface area contributed by atoms with E-state index in [1.165, 1.54) is 6.07 Å². The molecule has 0 unspecified atom stereocenters. The number of unbranched alkanes of at least 4 members (excludes halogenated alkanes) is 1. The molecule has 0 aliphatic heterocycles. The Bertz CT molecular complexity index is 404. The van der Waals surface area contributed by atoms with Crippen LogP contribution in [0, 0.1) is 6.92 Å². The maximum atomic E-state index is 11.8. The lowest BCUT2D eigenvalue weighted by atomic mass is 10.1. The molecule has 0 bridgehead atoms. The Hall–Kier alpha value is -1.55. The molecule has 1 rings (SSSR count). The monoisotopic (exact) mass is 265 g/mol. The smallest absolute Gasteiger partial charge is 0.251 e. The summed E-state index contributed by atoms with van der Waals surface area (Å²) in [6, 6.07) is 4.93. The summed E-state index contributed by atoms with van der Waals surface area (Å²) in [5.41, 5.74) is 1.25. The topological polar surface area (TPSA) is 58.6 Å². The maximum Gasteiger partial charge on any atom is 0.251 e. The summed E-state index contributed by atoms with van der Waals surface area (Å²) in [7, 11) is 0. The first-order valence-corrected chi connectivity index (χ1v) is 6.80. The molecule has 0 aromatic heterocycles. The number of carbonyl (C=O) groups excluding carboxylic acids is 1. The summed E-state index contributed by atoms with van der Waals surface area (Å²) in [5, 5.41) is 12.3. The van der Waals surface area contributed by atoms with E-state index < -0.39 is 0 Å². The van der Waals surface area contributed by atoms with E-state index in [0.717, 1.165) is 31.4 Å². The van der Waals surface area contributed by atoms with Crippen LogP contribution in [0.4, 0.5) is 0 Å². The van der Waals surface area contributed by atoms with Gasteiger partial charge in [0.25, 0.3) is 5.91 Å². The van der Waals surface area contributed by atoms with Crippen molar-refractivity contribution in [1.82, 2.24) is 5.32 Å².